The summed E-state index contributed by atoms with van der Waals surface area (Å²) in [5, 5.41) is 10.6. The monoisotopic (exact) mass is 595 g/mol. The maximum absolute atomic E-state index is 13.8. The van der Waals surface area contributed by atoms with E-state index in [4.69, 9.17) is 18.9 Å². The molecule has 1 amide bonds. The number of para-hydroxylation sites is 1. The van der Waals surface area contributed by atoms with Crippen molar-refractivity contribution in [3.8, 4) is 23.0 Å². The van der Waals surface area contributed by atoms with Crippen molar-refractivity contribution >= 4 is 11.9 Å². The number of amides is 1. The van der Waals surface area contributed by atoms with Crippen LogP contribution in [0.4, 0.5) is 0 Å². The first-order valence-electron chi connectivity index (χ1n) is 15.5. The van der Waals surface area contributed by atoms with Crippen molar-refractivity contribution in [3.63, 3.8) is 0 Å². The maximum atomic E-state index is 13.8. The molecular formula is C33H45N3O7. The van der Waals surface area contributed by atoms with Crippen LogP contribution in [0.15, 0.2) is 36.4 Å². The number of ether oxygens (including phenoxy) is 4. The lowest BCUT2D eigenvalue weighted by molar-refractivity contribution is -0.143. The van der Waals surface area contributed by atoms with Gasteiger partial charge in [0.25, 0.3) is 0 Å². The molecule has 43 heavy (non-hydrogen) atoms. The fourth-order valence-corrected chi connectivity index (χ4v) is 6.54. The van der Waals surface area contributed by atoms with Gasteiger partial charge in [0.05, 0.1) is 12.5 Å². The number of hydrogen-bond acceptors (Lipinski definition) is 8. The van der Waals surface area contributed by atoms with Crippen LogP contribution in [0.5, 0.6) is 23.0 Å². The summed E-state index contributed by atoms with van der Waals surface area (Å²) >= 11 is 0. The van der Waals surface area contributed by atoms with Crippen molar-refractivity contribution in [2.24, 2.45) is 5.92 Å². The van der Waals surface area contributed by atoms with Crippen LogP contribution in [0, 0.1) is 5.92 Å². The summed E-state index contributed by atoms with van der Waals surface area (Å²) in [5.74, 6) is 0.964. The Morgan fingerprint density at radius 1 is 0.930 bits per heavy atom. The number of aryl methyl sites for hydroxylation is 1. The minimum atomic E-state index is -0.855. The number of carboxylic acids is 1. The number of carboxylic acid groups (broad SMARTS) is 1. The summed E-state index contributed by atoms with van der Waals surface area (Å²) in [6.07, 6.45) is 5.11. The zero-order valence-corrected chi connectivity index (χ0v) is 25.6. The van der Waals surface area contributed by atoms with Crippen molar-refractivity contribution in [2.45, 2.75) is 57.4 Å². The first kappa shape index (κ1) is 30.9. The lowest BCUT2D eigenvalue weighted by Crippen LogP contribution is -2.45. The molecule has 2 aromatic rings. The van der Waals surface area contributed by atoms with Gasteiger partial charge in [0, 0.05) is 31.6 Å². The lowest BCUT2D eigenvalue weighted by atomic mass is 9.83. The highest BCUT2D eigenvalue weighted by Gasteiger charge is 2.47. The van der Waals surface area contributed by atoms with Crippen molar-refractivity contribution in [1.29, 1.82) is 0 Å². The average Bonchev–Trinajstić information content (AvgIpc) is 3.73. The molecule has 234 valence electrons. The van der Waals surface area contributed by atoms with Gasteiger partial charge in [-0.1, -0.05) is 31.5 Å². The molecule has 2 aromatic carbocycles. The molecule has 0 radical (unpaired) electrons. The van der Waals surface area contributed by atoms with Crippen LogP contribution in [-0.2, 0) is 16.0 Å². The molecule has 1 unspecified atom stereocenters. The summed E-state index contributed by atoms with van der Waals surface area (Å²) in [4.78, 5) is 33.0. The molecule has 3 aliphatic heterocycles. The number of rotatable bonds is 15. The molecular weight excluding hydrogens is 550 g/mol. The minimum absolute atomic E-state index is 0.0658. The van der Waals surface area contributed by atoms with Crippen LogP contribution in [0.25, 0.3) is 0 Å². The number of likely N-dealkylation sites (tertiary alicyclic amines) is 1. The molecule has 0 bridgehead atoms. The fourth-order valence-electron chi connectivity index (χ4n) is 6.54. The molecule has 0 spiro atoms. The number of aliphatic carboxylic acids is 1. The Kier molecular flexibility index (Phi) is 10.3. The van der Waals surface area contributed by atoms with Gasteiger partial charge in [-0.05, 0) is 82.1 Å². The average molecular weight is 596 g/mol. The van der Waals surface area contributed by atoms with E-state index in [2.05, 4.69) is 30.8 Å². The number of nitrogens with zero attached hydrogens (tertiary/aromatic N) is 3. The molecule has 1 saturated heterocycles. The summed E-state index contributed by atoms with van der Waals surface area (Å²) in [7, 11) is 4.12. The Labute approximate surface area is 254 Å². The van der Waals surface area contributed by atoms with Gasteiger partial charge in [0.1, 0.15) is 0 Å². The van der Waals surface area contributed by atoms with Gasteiger partial charge < -0.3 is 33.9 Å². The Morgan fingerprint density at radius 2 is 1.67 bits per heavy atom. The minimum Gasteiger partial charge on any atom is -0.481 e. The Bertz CT molecular complexity index is 1270. The van der Waals surface area contributed by atoms with Crippen molar-refractivity contribution < 1.29 is 33.6 Å². The van der Waals surface area contributed by atoms with Gasteiger partial charge in [-0.2, -0.15) is 0 Å². The van der Waals surface area contributed by atoms with E-state index in [0.717, 1.165) is 55.6 Å². The van der Waals surface area contributed by atoms with E-state index < -0.39 is 11.9 Å². The van der Waals surface area contributed by atoms with Gasteiger partial charge >= 0.3 is 5.97 Å². The molecule has 3 heterocycles. The molecule has 5 rings (SSSR count). The summed E-state index contributed by atoms with van der Waals surface area (Å²) in [6.45, 7) is 5.56. The summed E-state index contributed by atoms with van der Waals surface area (Å²) in [6, 6.07) is 11.2. The van der Waals surface area contributed by atoms with Crippen molar-refractivity contribution in [2.75, 3.05) is 60.4 Å². The second-order valence-corrected chi connectivity index (χ2v) is 12.0. The van der Waals surface area contributed by atoms with E-state index in [0.29, 0.717) is 43.2 Å². The van der Waals surface area contributed by atoms with Crippen LogP contribution in [-0.4, -0.2) is 98.1 Å². The molecule has 0 aromatic heterocycles. The van der Waals surface area contributed by atoms with E-state index in [-0.39, 0.29) is 38.0 Å². The highest BCUT2D eigenvalue weighted by Crippen LogP contribution is 2.44. The van der Waals surface area contributed by atoms with Crippen molar-refractivity contribution in [3.05, 3.63) is 47.5 Å². The van der Waals surface area contributed by atoms with E-state index in [9.17, 15) is 14.7 Å². The topological polar surface area (TPSA) is 101 Å². The SMILES string of the molecule is CCCCN(CCCCN(C)C)C(=O)CN1CC(c2ccc3c(c2)OCO3)[C@H](C(=O)O)[C@H]1CCc1cccc2c1OCO2. The van der Waals surface area contributed by atoms with E-state index in [1.54, 1.807) is 0 Å². The Hall–Kier alpha value is -3.50. The Balaban J connectivity index is 1.38. The summed E-state index contributed by atoms with van der Waals surface area (Å²) in [5.41, 5.74) is 1.88. The molecule has 10 nitrogen and oxygen atoms in total. The van der Waals surface area contributed by atoms with Gasteiger partial charge in [0.15, 0.2) is 23.0 Å². The van der Waals surface area contributed by atoms with Gasteiger partial charge in [-0.15, -0.1) is 0 Å². The molecule has 0 saturated carbocycles. The van der Waals surface area contributed by atoms with Crippen LogP contribution in [0.3, 0.4) is 0 Å². The number of fused-ring (bicyclic) bond motifs is 2. The predicted molar refractivity (Wildman–Crippen MR) is 162 cm³/mol. The lowest BCUT2D eigenvalue weighted by Gasteiger charge is -2.30. The number of carbonyl (C=O) groups is 2. The molecule has 3 aliphatic rings. The van der Waals surface area contributed by atoms with Crippen LogP contribution >= 0.6 is 0 Å². The third-order valence-electron chi connectivity index (χ3n) is 8.80. The molecule has 1 N–H and O–H groups in total. The highest BCUT2D eigenvalue weighted by molar-refractivity contribution is 5.79. The first-order valence-corrected chi connectivity index (χ1v) is 15.5. The fraction of sp³-hybridized carbons (Fsp3) is 0.576. The van der Waals surface area contributed by atoms with Gasteiger partial charge in [-0.25, -0.2) is 0 Å². The second kappa shape index (κ2) is 14.3. The third-order valence-corrected chi connectivity index (χ3v) is 8.80. The smallest absolute Gasteiger partial charge is 0.308 e. The highest BCUT2D eigenvalue weighted by atomic mass is 16.7. The van der Waals surface area contributed by atoms with Crippen molar-refractivity contribution in [1.82, 2.24) is 14.7 Å². The number of carbonyl (C=O) groups excluding carboxylic acids is 1. The molecule has 3 atom stereocenters. The van der Waals surface area contributed by atoms with E-state index >= 15 is 0 Å². The van der Waals surface area contributed by atoms with Gasteiger partial charge in [-0.3, -0.25) is 14.5 Å². The third kappa shape index (κ3) is 7.36. The van der Waals surface area contributed by atoms with E-state index in [1.807, 2.05) is 41.3 Å². The molecule has 10 heteroatoms. The number of benzene rings is 2. The molecule has 1 fully saturated rings. The zero-order valence-electron chi connectivity index (χ0n) is 25.6. The Morgan fingerprint density at radius 3 is 2.47 bits per heavy atom. The summed E-state index contributed by atoms with van der Waals surface area (Å²) < 4.78 is 22.4. The quantitative estimate of drug-likeness (QED) is 0.304. The normalized spacial score (nSPS) is 20.6. The predicted octanol–water partition coefficient (Wildman–Crippen LogP) is 4.22. The first-order chi connectivity index (χ1) is 20.9. The second-order valence-electron chi connectivity index (χ2n) is 12.0. The number of hydrogen-bond donors (Lipinski definition) is 1. The zero-order chi connectivity index (χ0) is 30.3. The maximum Gasteiger partial charge on any atom is 0.308 e. The van der Waals surface area contributed by atoms with Gasteiger partial charge in [0.2, 0.25) is 19.5 Å². The van der Waals surface area contributed by atoms with E-state index in [1.165, 1.54) is 0 Å². The van der Waals surface area contributed by atoms with Crippen LogP contribution in [0.2, 0.25) is 0 Å². The van der Waals surface area contributed by atoms with Crippen LogP contribution < -0.4 is 18.9 Å². The van der Waals surface area contributed by atoms with Crippen LogP contribution in [0.1, 0.15) is 56.1 Å². The largest absolute Gasteiger partial charge is 0.481 e. The number of unbranched alkanes of at least 4 members (excludes halogenated alkanes) is 2. The standard InChI is InChI=1S/C33H45N3O7/c1-4-5-16-35(17-7-6-15-34(2)3)30(37)20-36-19-25(24-12-14-27-29(18-24)42-21-40-27)31(33(38)39)26(36)13-11-23-9-8-10-28-32(23)43-22-41-28/h8-10,12,14,18,25-26,31H,4-7,11,13,15-17,19-22H2,1-3H3,(H,38,39)/t25?,26-,31+/m1/s1. The molecule has 0 aliphatic carbocycles.